The molecule has 2 N–H and O–H groups in total. The molecule has 0 aromatic heterocycles. The van der Waals surface area contributed by atoms with Gasteiger partial charge < -0.3 is 5.32 Å². The highest BCUT2D eigenvalue weighted by molar-refractivity contribution is 6.31. The van der Waals surface area contributed by atoms with Crippen LogP contribution >= 0.6 is 23.2 Å². The molecule has 4 nitrogen and oxygen atoms in total. The second kappa shape index (κ2) is 10.2. The van der Waals surface area contributed by atoms with E-state index in [1.165, 1.54) is 12.1 Å². The molecule has 172 valence electrons. The van der Waals surface area contributed by atoms with E-state index in [0.29, 0.717) is 17.1 Å². The van der Waals surface area contributed by atoms with E-state index >= 15 is 0 Å². The second-order valence-corrected chi connectivity index (χ2v) is 8.24. The number of hydrogen-bond donors (Lipinski definition) is 2. The zero-order chi connectivity index (χ0) is 24.2. The van der Waals surface area contributed by atoms with Crippen LogP contribution in [-0.4, -0.2) is 11.9 Å². The molecule has 0 fully saturated rings. The monoisotopic (exact) mass is 501 g/mol. The number of carbonyl (C=O) groups is 1. The molecule has 1 aliphatic rings. The van der Waals surface area contributed by atoms with Crippen molar-refractivity contribution in [2.45, 2.75) is 6.42 Å². The Morgan fingerprint density at radius 3 is 2.44 bits per heavy atom. The smallest absolute Gasteiger partial charge is 0.258 e. The van der Waals surface area contributed by atoms with E-state index in [4.69, 9.17) is 23.2 Å². The van der Waals surface area contributed by atoms with E-state index < -0.39 is 23.4 Å². The largest absolute Gasteiger partial charge is 0.326 e. The molecule has 0 heterocycles. The molecular formula is C25H16Cl2F3N3O. The minimum absolute atomic E-state index is 0.0524. The maximum atomic E-state index is 13.8. The van der Waals surface area contributed by atoms with Crippen LogP contribution in [0.25, 0.3) is 5.57 Å². The number of carbonyl (C=O) groups excluding carboxylic acids is 1. The molecule has 0 spiro atoms. The van der Waals surface area contributed by atoms with Gasteiger partial charge >= 0.3 is 0 Å². The molecule has 0 bridgehead atoms. The van der Waals surface area contributed by atoms with Crippen molar-refractivity contribution >= 4 is 46.3 Å². The first-order chi connectivity index (χ1) is 16.3. The topological polar surface area (TPSA) is 53.5 Å². The first kappa shape index (κ1) is 23.6. The fourth-order valence-electron chi connectivity index (χ4n) is 3.28. The normalized spacial score (nSPS) is 13.4. The summed E-state index contributed by atoms with van der Waals surface area (Å²) < 4.78 is 40.6. The number of anilines is 1. The lowest BCUT2D eigenvalue weighted by Gasteiger charge is -2.13. The summed E-state index contributed by atoms with van der Waals surface area (Å²) in [5.41, 5.74) is 2.58. The number of allylic oxidation sites excluding steroid dienone is 3. The van der Waals surface area contributed by atoms with Crippen LogP contribution in [0.3, 0.4) is 0 Å². The van der Waals surface area contributed by atoms with Gasteiger partial charge in [0.2, 0.25) is 5.96 Å². The summed E-state index contributed by atoms with van der Waals surface area (Å²) in [7, 11) is 0. The molecule has 0 saturated heterocycles. The molecule has 1 aliphatic carbocycles. The van der Waals surface area contributed by atoms with Crippen LogP contribution in [0.5, 0.6) is 0 Å². The fraction of sp³-hybridized carbons (Fsp3) is 0.0400. The lowest BCUT2D eigenvalue weighted by atomic mass is 10.1. The van der Waals surface area contributed by atoms with Crippen LogP contribution < -0.4 is 10.6 Å². The highest BCUT2D eigenvalue weighted by Gasteiger charge is 2.16. The Bertz CT molecular complexity index is 1350. The maximum absolute atomic E-state index is 13.8. The number of nitrogens with one attached hydrogen (secondary N) is 2. The molecule has 0 atom stereocenters. The summed E-state index contributed by atoms with van der Waals surface area (Å²) >= 11 is 12.0. The van der Waals surface area contributed by atoms with Gasteiger partial charge in [-0.2, -0.15) is 0 Å². The second-order valence-electron chi connectivity index (χ2n) is 7.36. The Hall–Kier alpha value is -3.55. The summed E-state index contributed by atoms with van der Waals surface area (Å²) in [5.74, 6) is -3.62. The third-order valence-electron chi connectivity index (χ3n) is 4.84. The van der Waals surface area contributed by atoms with Crippen LogP contribution in [-0.2, 0) is 0 Å². The number of rotatable bonds is 4. The highest BCUT2D eigenvalue weighted by atomic mass is 35.5. The predicted molar refractivity (Wildman–Crippen MR) is 128 cm³/mol. The fourth-order valence-corrected chi connectivity index (χ4v) is 3.70. The molecule has 3 aromatic rings. The summed E-state index contributed by atoms with van der Waals surface area (Å²) in [6.07, 6.45) is 4.08. The van der Waals surface area contributed by atoms with Crippen molar-refractivity contribution < 1.29 is 18.0 Å². The molecule has 4 rings (SSSR count). The van der Waals surface area contributed by atoms with Crippen molar-refractivity contribution in [2.24, 2.45) is 4.99 Å². The summed E-state index contributed by atoms with van der Waals surface area (Å²) in [4.78, 5) is 17.1. The Kier molecular flexibility index (Phi) is 7.05. The Labute approximate surface area is 203 Å². The average molecular weight is 502 g/mol. The van der Waals surface area contributed by atoms with Crippen molar-refractivity contribution in [3.63, 3.8) is 0 Å². The number of nitrogens with zero attached hydrogens (tertiary/aromatic N) is 1. The van der Waals surface area contributed by atoms with Gasteiger partial charge in [-0.1, -0.05) is 41.4 Å². The van der Waals surface area contributed by atoms with Gasteiger partial charge in [0, 0.05) is 33.4 Å². The minimum atomic E-state index is -1.16. The zero-order valence-electron chi connectivity index (χ0n) is 17.4. The van der Waals surface area contributed by atoms with Gasteiger partial charge in [-0.15, -0.1) is 0 Å². The Morgan fingerprint density at radius 2 is 1.71 bits per heavy atom. The van der Waals surface area contributed by atoms with E-state index in [1.54, 1.807) is 12.1 Å². The Balaban J connectivity index is 1.58. The van der Waals surface area contributed by atoms with Crippen molar-refractivity contribution in [2.75, 3.05) is 5.32 Å². The van der Waals surface area contributed by atoms with Crippen molar-refractivity contribution in [1.29, 1.82) is 0 Å². The molecule has 0 unspecified atom stereocenters. The first-order valence-electron chi connectivity index (χ1n) is 10.0. The van der Waals surface area contributed by atoms with Crippen LogP contribution in [0, 0.1) is 17.5 Å². The van der Waals surface area contributed by atoms with Crippen molar-refractivity contribution in [3.05, 3.63) is 117 Å². The van der Waals surface area contributed by atoms with Crippen LogP contribution in [0.2, 0.25) is 10.0 Å². The van der Waals surface area contributed by atoms with E-state index in [-0.39, 0.29) is 22.2 Å². The van der Waals surface area contributed by atoms with Gasteiger partial charge in [-0.25, -0.2) is 18.2 Å². The number of hydrogen-bond acceptors (Lipinski definition) is 2. The van der Waals surface area contributed by atoms with Gasteiger partial charge in [0.25, 0.3) is 5.91 Å². The molecule has 1 amide bonds. The van der Waals surface area contributed by atoms with Gasteiger partial charge in [0.1, 0.15) is 5.82 Å². The van der Waals surface area contributed by atoms with Gasteiger partial charge in [-0.05, 0) is 65.7 Å². The zero-order valence-corrected chi connectivity index (χ0v) is 18.9. The molecule has 0 saturated carbocycles. The molecular weight excluding hydrogens is 486 g/mol. The van der Waals surface area contributed by atoms with Gasteiger partial charge in [0.15, 0.2) is 11.6 Å². The summed E-state index contributed by atoms with van der Waals surface area (Å²) in [5, 5.41) is 6.07. The van der Waals surface area contributed by atoms with Gasteiger partial charge in [-0.3, -0.25) is 10.1 Å². The quantitative estimate of drug-likeness (QED) is 0.299. The maximum Gasteiger partial charge on any atom is 0.258 e. The van der Waals surface area contributed by atoms with Crippen LogP contribution in [0.1, 0.15) is 22.3 Å². The average Bonchev–Trinajstić information content (AvgIpc) is 3.23. The third kappa shape index (κ3) is 5.87. The first-order valence-corrected chi connectivity index (χ1v) is 10.8. The van der Waals surface area contributed by atoms with E-state index in [9.17, 15) is 18.0 Å². The van der Waals surface area contributed by atoms with Crippen LogP contribution in [0.4, 0.5) is 18.9 Å². The summed E-state index contributed by atoms with van der Waals surface area (Å²) in [6.45, 7) is 0. The number of guanidine groups is 1. The molecule has 3 aromatic carbocycles. The molecule has 0 aliphatic heterocycles. The molecule has 9 heteroatoms. The standard InChI is InChI=1S/C25H16Cl2F3N3O/c26-17-3-1-2-14(8-17)15-4-6-20(9-15)31-25(32-21-12-18(27)11-19(28)13-21)33-24(34)16-5-7-22(29)23(30)10-16/h1-8,10-13H,9H2,(H2,31,32,33,34). The number of amides is 1. The van der Waals surface area contributed by atoms with Crippen molar-refractivity contribution in [3.8, 4) is 0 Å². The predicted octanol–water partition coefficient (Wildman–Crippen LogP) is 6.98. The SMILES string of the molecule is O=C(NC(=NC1=CC=C(c2cccc(Cl)c2)C1)Nc1cc(F)cc(Cl)c1)c1ccc(F)c(F)c1. The molecule has 34 heavy (non-hydrogen) atoms. The number of benzene rings is 3. The number of aliphatic imine (C=N–C) groups is 1. The number of halogens is 5. The third-order valence-corrected chi connectivity index (χ3v) is 5.29. The van der Waals surface area contributed by atoms with Crippen molar-refractivity contribution in [1.82, 2.24) is 5.32 Å². The molecule has 0 radical (unpaired) electrons. The van der Waals surface area contributed by atoms with Gasteiger partial charge in [0.05, 0.1) is 0 Å². The lowest BCUT2D eigenvalue weighted by molar-refractivity contribution is 0.0976. The summed E-state index contributed by atoms with van der Waals surface area (Å²) in [6, 6.07) is 13.9. The van der Waals surface area contributed by atoms with E-state index in [0.717, 1.165) is 35.4 Å². The van der Waals surface area contributed by atoms with E-state index in [1.807, 2.05) is 24.3 Å². The van der Waals surface area contributed by atoms with Crippen LogP contribution in [0.15, 0.2) is 83.5 Å². The lowest BCUT2D eigenvalue weighted by Crippen LogP contribution is -2.36. The van der Waals surface area contributed by atoms with E-state index in [2.05, 4.69) is 15.6 Å². The highest BCUT2D eigenvalue weighted by Crippen LogP contribution is 2.30. The minimum Gasteiger partial charge on any atom is -0.326 e. The Morgan fingerprint density at radius 1 is 0.882 bits per heavy atom.